The van der Waals surface area contributed by atoms with Crippen LogP contribution in [0, 0.1) is 18.8 Å². The van der Waals surface area contributed by atoms with Gasteiger partial charge in [-0.05, 0) is 50.2 Å². The van der Waals surface area contributed by atoms with Gasteiger partial charge in [-0.15, -0.1) is 0 Å². The van der Waals surface area contributed by atoms with Gasteiger partial charge in [0.1, 0.15) is 0 Å². The van der Waals surface area contributed by atoms with Gasteiger partial charge in [0, 0.05) is 33.4 Å². The topological polar surface area (TPSA) is 99.2 Å². The Morgan fingerprint density at radius 1 is 1.29 bits per heavy atom. The van der Waals surface area contributed by atoms with Crippen molar-refractivity contribution in [3.05, 3.63) is 34.1 Å². The van der Waals surface area contributed by atoms with Crippen molar-refractivity contribution in [2.24, 2.45) is 18.9 Å². The van der Waals surface area contributed by atoms with E-state index in [0.717, 1.165) is 17.9 Å². The lowest BCUT2D eigenvalue weighted by Gasteiger charge is -2.28. The van der Waals surface area contributed by atoms with Gasteiger partial charge in [-0.25, -0.2) is 19.7 Å². The molecule has 150 valence electrons. The number of amides is 2. The standard InChI is InChI=1S/C19H27N7O2/c1-11-5-8-14(16(20-11)24(2)3)21-18(27)26-10-9-13(12-6-7-12)15(26)17-22-23-19(28)25(17)4/h5,8,12-13,15H,6-7,9-10H2,1-4H3,(H,21,27)(H,23,28). The Hall–Kier alpha value is -2.84. The van der Waals surface area contributed by atoms with Crippen LogP contribution in [0.1, 0.15) is 36.8 Å². The lowest BCUT2D eigenvalue weighted by molar-refractivity contribution is 0.191. The molecule has 9 nitrogen and oxygen atoms in total. The molecule has 1 saturated heterocycles. The first-order valence-corrected chi connectivity index (χ1v) is 9.70. The number of nitrogens with one attached hydrogen (secondary N) is 2. The van der Waals surface area contributed by atoms with E-state index in [9.17, 15) is 9.59 Å². The van der Waals surface area contributed by atoms with Crippen molar-refractivity contribution in [1.29, 1.82) is 0 Å². The van der Waals surface area contributed by atoms with Gasteiger partial charge in [0.15, 0.2) is 11.6 Å². The fraction of sp³-hybridized carbons (Fsp3) is 0.579. The van der Waals surface area contributed by atoms with Crippen LogP contribution in [-0.4, -0.2) is 51.3 Å². The molecular weight excluding hydrogens is 358 g/mol. The number of hydrogen-bond donors (Lipinski definition) is 2. The second kappa shape index (κ2) is 6.96. The molecule has 1 saturated carbocycles. The summed E-state index contributed by atoms with van der Waals surface area (Å²) in [4.78, 5) is 33.4. The van der Waals surface area contributed by atoms with Crippen LogP contribution in [0.2, 0.25) is 0 Å². The lowest BCUT2D eigenvalue weighted by Crippen LogP contribution is -2.38. The molecule has 2 atom stereocenters. The van der Waals surface area contributed by atoms with E-state index in [4.69, 9.17) is 0 Å². The smallest absolute Gasteiger partial charge is 0.343 e. The number of aryl methyl sites for hydroxylation is 1. The highest BCUT2D eigenvalue weighted by atomic mass is 16.2. The molecule has 0 aromatic carbocycles. The number of carbonyl (C=O) groups is 1. The summed E-state index contributed by atoms with van der Waals surface area (Å²) in [5, 5.41) is 9.78. The van der Waals surface area contributed by atoms with Gasteiger partial charge in [0.25, 0.3) is 0 Å². The molecule has 0 spiro atoms. The molecule has 4 rings (SSSR count). The van der Waals surface area contributed by atoms with Gasteiger partial charge in [-0.2, -0.15) is 5.10 Å². The normalized spacial score (nSPS) is 21.8. The third-order valence-electron chi connectivity index (χ3n) is 5.79. The average molecular weight is 385 g/mol. The molecule has 1 aliphatic carbocycles. The van der Waals surface area contributed by atoms with Crippen molar-refractivity contribution < 1.29 is 4.79 Å². The van der Waals surface area contributed by atoms with Crippen LogP contribution in [0.25, 0.3) is 0 Å². The number of urea groups is 1. The van der Waals surface area contributed by atoms with Gasteiger partial charge >= 0.3 is 11.7 Å². The molecule has 0 radical (unpaired) electrons. The molecule has 28 heavy (non-hydrogen) atoms. The first kappa shape index (κ1) is 18.5. The molecule has 2 unspecified atom stereocenters. The van der Waals surface area contributed by atoms with Crippen molar-refractivity contribution in [2.75, 3.05) is 30.9 Å². The monoisotopic (exact) mass is 385 g/mol. The largest absolute Gasteiger partial charge is 0.361 e. The zero-order valence-corrected chi connectivity index (χ0v) is 16.8. The maximum absolute atomic E-state index is 13.2. The van der Waals surface area contributed by atoms with Crippen LogP contribution in [0.5, 0.6) is 0 Å². The van der Waals surface area contributed by atoms with Crippen molar-refractivity contribution in [3.8, 4) is 0 Å². The molecule has 2 N–H and O–H groups in total. The Morgan fingerprint density at radius 3 is 2.64 bits per heavy atom. The molecule has 2 amide bonds. The number of carbonyl (C=O) groups excluding carboxylic acids is 1. The summed E-state index contributed by atoms with van der Waals surface area (Å²) in [6.45, 7) is 2.57. The van der Waals surface area contributed by atoms with Crippen LogP contribution < -0.4 is 15.9 Å². The average Bonchev–Trinajstić information content (AvgIpc) is 3.33. The molecule has 3 heterocycles. The van der Waals surface area contributed by atoms with E-state index in [2.05, 4.69) is 20.5 Å². The van der Waals surface area contributed by atoms with Crippen LogP contribution in [-0.2, 0) is 7.05 Å². The Bertz CT molecular complexity index is 944. The molecule has 0 bridgehead atoms. The molecule has 2 aromatic rings. The Labute approximate surface area is 163 Å². The highest BCUT2D eigenvalue weighted by molar-refractivity contribution is 5.92. The number of likely N-dealkylation sites (tertiary alicyclic amines) is 1. The van der Waals surface area contributed by atoms with E-state index in [1.165, 1.54) is 17.4 Å². The summed E-state index contributed by atoms with van der Waals surface area (Å²) < 4.78 is 1.52. The predicted molar refractivity (Wildman–Crippen MR) is 106 cm³/mol. The Morgan fingerprint density at radius 2 is 2.04 bits per heavy atom. The molecule has 9 heteroatoms. The van der Waals surface area contributed by atoms with Crippen molar-refractivity contribution in [3.63, 3.8) is 0 Å². The number of hydrogen-bond acceptors (Lipinski definition) is 5. The molecule has 2 aromatic heterocycles. The number of nitrogens with zero attached hydrogens (tertiary/aromatic N) is 5. The summed E-state index contributed by atoms with van der Waals surface area (Å²) >= 11 is 0. The van der Waals surface area contributed by atoms with Crippen molar-refractivity contribution in [1.82, 2.24) is 24.6 Å². The number of H-pyrrole nitrogens is 1. The quantitative estimate of drug-likeness (QED) is 0.837. The SMILES string of the molecule is Cc1ccc(NC(=O)N2CCC(C3CC3)C2c2n[nH]c(=O)n2C)c(N(C)C)n1. The number of aromatic nitrogens is 4. The highest BCUT2D eigenvalue weighted by Crippen LogP contribution is 2.50. The third-order valence-corrected chi connectivity index (χ3v) is 5.79. The first-order chi connectivity index (χ1) is 13.4. The Balaban J connectivity index is 1.63. The van der Waals surface area contributed by atoms with Gasteiger partial charge in [-0.3, -0.25) is 4.57 Å². The number of pyridine rings is 1. The predicted octanol–water partition coefficient (Wildman–Crippen LogP) is 1.88. The van der Waals surface area contributed by atoms with Crippen LogP contribution in [0.3, 0.4) is 0 Å². The minimum atomic E-state index is -0.255. The second-order valence-corrected chi connectivity index (χ2v) is 8.02. The minimum absolute atomic E-state index is 0.183. The fourth-order valence-corrected chi connectivity index (χ4v) is 4.19. The molecule has 1 aliphatic heterocycles. The summed E-state index contributed by atoms with van der Waals surface area (Å²) in [7, 11) is 5.50. The highest BCUT2D eigenvalue weighted by Gasteiger charge is 2.47. The van der Waals surface area contributed by atoms with Crippen molar-refractivity contribution >= 4 is 17.5 Å². The molecule has 2 fully saturated rings. The summed E-state index contributed by atoms with van der Waals surface area (Å²) in [5.41, 5.74) is 1.31. The summed E-state index contributed by atoms with van der Waals surface area (Å²) in [5.74, 6) is 2.29. The van der Waals surface area contributed by atoms with E-state index in [0.29, 0.717) is 29.9 Å². The minimum Gasteiger partial charge on any atom is -0.361 e. The van der Waals surface area contributed by atoms with Crippen molar-refractivity contribution in [2.45, 2.75) is 32.2 Å². The first-order valence-electron chi connectivity index (χ1n) is 9.70. The van der Waals surface area contributed by atoms with Crippen LogP contribution in [0.4, 0.5) is 16.3 Å². The van der Waals surface area contributed by atoms with Gasteiger partial charge < -0.3 is 15.1 Å². The molecule has 2 aliphatic rings. The van der Waals surface area contributed by atoms with E-state index in [1.54, 1.807) is 7.05 Å². The van der Waals surface area contributed by atoms with E-state index in [-0.39, 0.29) is 17.8 Å². The zero-order valence-electron chi connectivity index (χ0n) is 16.8. The van der Waals surface area contributed by atoms with Gasteiger partial charge in [0.05, 0.1) is 11.7 Å². The molecular formula is C19H27N7O2. The van der Waals surface area contributed by atoms with Gasteiger partial charge in [-0.1, -0.05) is 0 Å². The number of anilines is 2. The van der Waals surface area contributed by atoms with Crippen LogP contribution in [0.15, 0.2) is 16.9 Å². The van der Waals surface area contributed by atoms with E-state index >= 15 is 0 Å². The fourth-order valence-electron chi connectivity index (χ4n) is 4.19. The number of aromatic amines is 1. The van der Waals surface area contributed by atoms with Gasteiger partial charge in [0.2, 0.25) is 0 Å². The maximum Gasteiger partial charge on any atom is 0.343 e. The lowest BCUT2D eigenvalue weighted by atomic mass is 9.94. The zero-order chi connectivity index (χ0) is 20.0. The Kier molecular flexibility index (Phi) is 4.60. The van der Waals surface area contributed by atoms with E-state index in [1.807, 2.05) is 43.0 Å². The van der Waals surface area contributed by atoms with Crippen LogP contribution >= 0.6 is 0 Å². The maximum atomic E-state index is 13.2. The summed E-state index contributed by atoms with van der Waals surface area (Å²) in [6, 6.07) is 3.38. The third kappa shape index (κ3) is 3.25. The van der Waals surface area contributed by atoms with E-state index < -0.39 is 0 Å². The second-order valence-electron chi connectivity index (χ2n) is 8.02. The summed E-state index contributed by atoms with van der Waals surface area (Å²) in [6.07, 6.45) is 3.29. The number of rotatable bonds is 4.